The molecule has 0 spiro atoms. The molecule has 36 heavy (non-hydrogen) atoms. The van der Waals surface area contributed by atoms with Crippen molar-refractivity contribution in [3.8, 4) is 0 Å². The summed E-state index contributed by atoms with van der Waals surface area (Å²) in [5.74, 6) is 0.655. The molecule has 0 saturated heterocycles. The average Bonchev–Trinajstić information content (AvgIpc) is 3.18. The van der Waals surface area contributed by atoms with Gasteiger partial charge in [-0.15, -0.1) is 0 Å². The van der Waals surface area contributed by atoms with Gasteiger partial charge in [-0.25, -0.2) is 23.9 Å². The molecule has 190 valence electrons. The van der Waals surface area contributed by atoms with Crippen LogP contribution in [0.3, 0.4) is 0 Å². The highest BCUT2D eigenvalue weighted by molar-refractivity contribution is 6.06. The van der Waals surface area contributed by atoms with Gasteiger partial charge < -0.3 is 15.2 Å². The first-order valence-electron chi connectivity index (χ1n) is 11.4. The number of carbonyl (C=O) groups excluding carboxylic acids is 2. The molecule has 0 bridgehead atoms. The van der Waals surface area contributed by atoms with E-state index in [1.807, 2.05) is 32.3 Å². The van der Waals surface area contributed by atoms with E-state index in [2.05, 4.69) is 30.9 Å². The highest BCUT2D eigenvalue weighted by Crippen LogP contribution is 2.34. The lowest BCUT2D eigenvalue weighted by Crippen LogP contribution is -2.46. The summed E-state index contributed by atoms with van der Waals surface area (Å²) in [6.45, 7) is 9.82. The minimum atomic E-state index is -0.647. The van der Waals surface area contributed by atoms with Gasteiger partial charge in [0.05, 0.1) is 29.9 Å². The van der Waals surface area contributed by atoms with E-state index < -0.39 is 11.8 Å². The number of urea groups is 2. The summed E-state index contributed by atoms with van der Waals surface area (Å²) in [5.41, 5.74) is 2.22. The third kappa shape index (κ3) is 4.53. The first-order chi connectivity index (χ1) is 16.9. The predicted octanol–water partition coefficient (Wildman–Crippen LogP) is 4.45. The smallest absolute Gasteiger partial charge is 0.330 e. The molecule has 0 saturated carbocycles. The van der Waals surface area contributed by atoms with Gasteiger partial charge in [-0.05, 0) is 52.3 Å². The number of nitrogens with one attached hydrogen (secondary N) is 3. The Labute approximate surface area is 208 Å². The van der Waals surface area contributed by atoms with Gasteiger partial charge in [-0.2, -0.15) is 4.98 Å². The normalized spacial score (nSPS) is 13.5. The quantitative estimate of drug-likeness (QED) is 0.492. The summed E-state index contributed by atoms with van der Waals surface area (Å²) in [7, 11) is 3.31. The first-order valence-corrected chi connectivity index (χ1v) is 11.4. The molecule has 3 aromatic rings. The second-order valence-corrected chi connectivity index (χ2v) is 9.64. The molecule has 11 nitrogen and oxygen atoms in total. The molecule has 1 aliphatic heterocycles. The van der Waals surface area contributed by atoms with Crippen LogP contribution in [0.2, 0.25) is 0 Å². The number of amides is 4. The van der Waals surface area contributed by atoms with Gasteiger partial charge in [0.25, 0.3) is 0 Å². The lowest BCUT2D eigenvalue weighted by molar-refractivity contribution is 0.251. The van der Waals surface area contributed by atoms with Gasteiger partial charge in [-0.1, -0.05) is 0 Å². The fourth-order valence-corrected chi connectivity index (χ4v) is 4.14. The van der Waals surface area contributed by atoms with E-state index >= 15 is 0 Å². The van der Waals surface area contributed by atoms with E-state index in [0.717, 1.165) is 11.3 Å². The van der Waals surface area contributed by atoms with E-state index in [4.69, 9.17) is 0 Å². The van der Waals surface area contributed by atoms with Crippen LogP contribution in [0.4, 0.5) is 42.9 Å². The number of nitrogens with zero attached hydrogens (tertiary/aromatic N) is 6. The zero-order valence-corrected chi connectivity index (χ0v) is 21.4. The highest BCUT2D eigenvalue weighted by atomic mass is 19.1. The van der Waals surface area contributed by atoms with Crippen LogP contribution < -0.4 is 25.8 Å². The van der Waals surface area contributed by atoms with Crippen LogP contribution in [0.5, 0.6) is 0 Å². The molecule has 3 N–H and O–H groups in total. The van der Waals surface area contributed by atoms with Crippen molar-refractivity contribution < 1.29 is 14.0 Å². The third-order valence-corrected chi connectivity index (χ3v) is 6.01. The van der Waals surface area contributed by atoms with E-state index in [-0.39, 0.29) is 23.8 Å². The van der Waals surface area contributed by atoms with Gasteiger partial charge in [0, 0.05) is 31.4 Å². The Kier molecular flexibility index (Phi) is 6.29. The summed E-state index contributed by atoms with van der Waals surface area (Å²) in [5, 5.41) is 8.07. The number of fused-ring (bicyclic) bond motifs is 1. The number of aromatic nitrogens is 4. The lowest BCUT2D eigenvalue weighted by atomic mass is 10.1. The molecule has 2 aromatic heterocycles. The van der Waals surface area contributed by atoms with Crippen molar-refractivity contribution in [2.24, 2.45) is 0 Å². The molecule has 4 rings (SSSR count). The van der Waals surface area contributed by atoms with Gasteiger partial charge >= 0.3 is 12.1 Å². The van der Waals surface area contributed by atoms with E-state index in [1.165, 1.54) is 21.9 Å². The van der Waals surface area contributed by atoms with Gasteiger partial charge in [0.15, 0.2) is 5.82 Å². The summed E-state index contributed by atoms with van der Waals surface area (Å²) < 4.78 is 16.8. The fourth-order valence-electron chi connectivity index (χ4n) is 4.14. The van der Waals surface area contributed by atoms with Crippen LogP contribution in [-0.2, 0) is 12.1 Å². The molecule has 1 aromatic carbocycles. The molecule has 0 atom stereocenters. The van der Waals surface area contributed by atoms with Crippen LogP contribution in [0.15, 0.2) is 24.7 Å². The molecule has 0 fully saturated rings. The largest absolute Gasteiger partial charge is 0.357 e. The van der Waals surface area contributed by atoms with Gasteiger partial charge in [-0.3, -0.25) is 15.1 Å². The third-order valence-electron chi connectivity index (χ3n) is 6.01. The van der Waals surface area contributed by atoms with Crippen LogP contribution in [0.25, 0.3) is 0 Å². The van der Waals surface area contributed by atoms with Crippen LogP contribution in [0.1, 0.15) is 37.6 Å². The molecule has 0 aliphatic carbocycles. The van der Waals surface area contributed by atoms with E-state index in [9.17, 15) is 14.0 Å². The number of anilines is 5. The molecule has 3 heterocycles. The Morgan fingerprint density at radius 3 is 2.50 bits per heavy atom. The molecule has 4 amide bonds. The highest BCUT2D eigenvalue weighted by Gasteiger charge is 2.32. The number of benzene rings is 1. The predicted molar refractivity (Wildman–Crippen MR) is 137 cm³/mol. The zero-order valence-electron chi connectivity index (χ0n) is 21.4. The average molecular weight is 496 g/mol. The molecular weight excluding hydrogens is 465 g/mol. The van der Waals surface area contributed by atoms with Crippen molar-refractivity contribution in [2.75, 3.05) is 39.8 Å². The SMILES string of the molecule is CNc1ncc2c(n1)N(C)C(=O)N(c1cc(NC(=O)Nc3ncn(C(C)(C)C)c3C)c(F)cc1C)C2. The first kappa shape index (κ1) is 24.9. The number of hydrogen-bond donors (Lipinski definition) is 3. The van der Waals surface area contributed by atoms with Gasteiger partial charge in [0.2, 0.25) is 5.95 Å². The number of imidazole rings is 1. The fraction of sp³-hybridized carbons (Fsp3) is 0.375. The van der Waals surface area contributed by atoms with Crippen molar-refractivity contribution in [1.29, 1.82) is 0 Å². The van der Waals surface area contributed by atoms with Crippen molar-refractivity contribution in [3.63, 3.8) is 0 Å². The van der Waals surface area contributed by atoms with Crippen molar-refractivity contribution in [3.05, 3.63) is 47.3 Å². The summed E-state index contributed by atoms with van der Waals surface area (Å²) in [4.78, 5) is 41.7. The Bertz CT molecular complexity index is 1350. The monoisotopic (exact) mass is 495 g/mol. The number of halogens is 1. The Balaban J connectivity index is 1.59. The molecule has 0 unspecified atom stereocenters. The number of aryl methyl sites for hydroxylation is 1. The Morgan fingerprint density at radius 1 is 1.14 bits per heavy atom. The summed E-state index contributed by atoms with van der Waals surface area (Å²) in [6, 6.07) is 1.75. The molecule has 12 heteroatoms. The minimum Gasteiger partial charge on any atom is -0.357 e. The van der Waals surface area contributed by atoms with Crippen molar-refractivity contribution in [2.45, 2.75) is 46.7 Å². The standard InChI is InChI=1S/C24H30FN9O2/c1-13-8-16(25)17(29-22(35)30-19-14(2)34(12-28-19)24(3,4)5)9-18(13)33-11-15-10-27-21(26-6)31-20(15)32(7)23(33)36/h8-10,12H,11H2,1-7H3,(H,26,27,31)(H2,29,30,35). The molecular formula is C24H30FN9O2. The maximum atomic E-state index is 14.8. The zero-order chi connectivity index (χ0) is 26.4. The summed E-state index contributed by atoms with van der Waals surface area (Å²) in [6.07, 6.45) is 3.30. The summed E-state index contributed by atoms with van der Waals surface area (Å²) >= 11 is 0. The second-order valence-electron chi connectivity index (χ2n) is 9.64. The second kappa shape index (κ2) is 9.10. The molecule has 0 radical (unpaired) electrons. The van der Waals surface area contributed by atoms with Crippen LogP contribution >= 0.6 is 0 Å². The minimum absolute atomic E-state index is 0.0657. The maximum Gasteiger partial charge on any atom is 0.330 e. The molecule has 1 aliphatic rings. The van der Waals surface area contributed by atoms with E-state index in [1.54, 1.807) is 33.5 Å². The van der Waals surface area contributed by atoms with Crippen molar-refractivity contribution in [1.82, 2.24) is 19.5 Å². The Morgan fingerprint density at radius 2 is 1.86 bits per heavy atom. The van der Waals surface area contributed by atoms with Gasteiger partial charge in [0.1, 0.15) is 11.6 Å². The Hall–Kier alpha value is -4.22. The van der Waals surface area contributed by atoms with Crippen molar-refractivity contribution >= 4 is 41.0 Å². The van der Waals surface area contributed by atoms with Crippen LogP contribution in [0, 0.1) is 19.7 Å². The lowest BCUT2D eigenvalue weighted by Gasteiger charge is -2.35. The number of carbonyl (C=O) groups is 2. The maximum absolute atomic E-state index is 14.8. The van der Waals surface area contributed by atoms with E-state index in [0.29, 0.717) is 28.8 Å². The number of hydrogen-bond acceptors (Lipinski definition) is 6. The topological polar surface area (TPSA) is 120 Å². The van der Waals surface area contributed by atoms with Crippen LogP contribution in [-0.4, -0.2) is 45.7 Å². The number of rotatable bonds is 4.